The second-order valence-corrected chi connectivity index (χ2v) is 3.99. The van der Waals surface area contributed by atoms with Crippen LogP contribution in [-0.4, -0.2) is 14.8 Å². The summed E-state index contributed by atoms with van der Waals surface area (Å²) in [5, 5.41) is 7.22. The smallest absolute Gasteiger partial charge is 0.301 e. The van der Waals surface area contributed by atoms with Gasteiger partial charge in [-0.15, -0.1) is 0 Å². The van der Waals surface area contributed by atoms with E-state index in [2.05, 4.69) is 15.4 Å². The number of fused-ring (bicyclic) bond motifs is 1. The molecule has 0 saturated heterocycles. The summed E-state index contributed by atoms with van der Waals surface area (Å²) in [5.41, 5.74) is 2.78. The zero-order valence-electron chi connectivity index (χ0n) is 9.64. The molecule has 2 heterocycles. The van der Waals surface area contributed by atoms with E-state index in [1.807, 2.05) is 44.4 Å². The number of nitrogens with one attached hydrogen (secondary N) is 1. The lowest BCUT2D eigenvalue weighted by molar-refractivity contribution is 0.621. The van der Waals surface area contributed by atoms with Gasteiger partial charge in [0.1, 0.15) is 5.52 Å². The molecular weight excluding hydrogens is 216 g/mol. The number of aryl methyl sites for hydroxylation is 2. The Balaban J connectivity index is 1.95. The van der Waals surface area contributed by atoms with Gasteiger partial charge in [-0.3, -0.25) is 10.00 Å². The van der Waals surface area contributed by atoms with Crippen LogP contribution in [0, 0.1) is 6.92 Å². The van der Waals surface area contributed by atoms with Crippen molar-refractivity contribution in [1.82, 2.24) is 14.8 Å². The zero-order valence-corrected chi connectivity index (χ0v) is 9.64. The molecular formula is C12H12N4O. The quantitative estimate of drug-likeness (QED) is 0.732. The van der Waals surface area contributed by atoms with Crippen molar-refractivity contribution in [2.75, 3.05) is 5.32 Å². The minimum absolute atomic E-state index is 0.462. The summed E-state index contributed by atoms with van der Waals surface area (Å²) in [5.74, 6) is 0.718. The molecule has 0 radical (unpaired) electrons. The van der Waals surface area contributed by atoms with Gasteiger partial charge in [0, 0.05) is 19.3 Å². The topological polar surface area (TPSA) is 55.9 Å². The highest BCUT2D eigenvalue weighted by Crippen LogP contribution is 2.21. The first-order chi connectivity index (χ1) is 8.20. The van der Waals surface area contributed by atoms with Crippen molar-refractivity contribution in [2.45, 2.75) is 6.92 Å². The van der Waals surface area contributed by atoms with Gasteiger partial charge in [-0.1, -0.05) is 6.07 Å². The van der Waals surface area contributed by atoms with Crippen LogP contribution in [0.1, 0.15) is 5.56 Å². The lowest BCUT2D eigenvalue weighted by Crippen LogP contribution is -1.93. The second-order valence-electron chi connectivity index (χ2n) is 3.99. The highest BCUT2D eigenvalue weighted by molar-refractivity contribution is 5.75. The lowest BCUT2D eigenvalue weighted by Gasteiger charge is -1.93. The summed E-state index contributed by atoms with van der Waals surface area (Å²) in [6, 6.07) is 8.23. The fraction of sp³-hybridized carbons (Fsp3) is 0.167. The predicted octanol–water partition coefficient (Wildman–Crippen LogP) is 2.61. The van der Waals surface area contributed by atoms with Gasteiger partial charge in [-0.2, -0.15) is 10.1 Å². The van der Waals surface area contributed by atoms with Crippen LogP contribution in [0.2, 0.25) is 0 Å². The molecule has 0 amide bonds. The van der Waals surface area contributed by atoms with E-state index < -0.39 is 0 Å². The van der Waals surface area contributed by atoms with Gasteiger partial charge in [0.05, 0.1) is 0 Å². The molecule has 0 saturated carbocycles. The number of rotatable bonds is 2. The van der Waals surface area contributed by atoms with Crippen molar-refractivity contribution in [2.24, 2.45) is 7.05 Å². The Morgan fingerprint density at radius 3 is 2.94 bits per heavy atom. The molecule has 17 heavy (non-hydrogen) atoms. The molecule has 0 spiro atoms. The maximum absolute atomic E-state index is 5.56. The normalized spacial score (nSPS) is 10.9. The number of hydrogen-bond donors (Lipinski definition) is 1. The molecule has 5 heteroatoms. The monoisotopic (exact) mass is 228 g/mol. The third-order valence-corrected chi connectivity index (χ3v) is 2.49. The second kappa shape index (κ2) is 3.62. The van der Waals surface area contributed by atoms with E-state index in [1.165, 1.54) is 0 Å². The van der Waals surface area contributed by atoms with E-state index in [0.717, 1.165) is 22.5 Å². The maximum atomic E-state index is 5.56. The fourth-order valence-electron chi connectivity index (χ4n) is 1.68. The van der Waals surface area contributed by atoms with Crippen LogP contribution in [0.3, 0.4) is 0 Å². The number of oxazole rings is 1. The first-order valence-electron chi connectivity index (χ1n) is 5.34. The fourth-order valence-corrected chi connectivity index (χ4v) is 1.68. The zero-order chi connectivity index (χ0) is 11.8. The van der Waals surface area contributed by atoms with E-state index >= 15 is 0 Å². The molecule has 0 aliphatic carbocycles. The molecule has 86 valence electrons. The molecule has 0 bridgehead atoms. The van der Waals surface area contributed by atoms with Gasteiger partial charge in [0.15, 0.2) is 11.4 Å². The summed E-state index contributed by atoms with van der Waals surface area (Å²) >= 11 is 0. The SMILES string of the molecule is Cc1ccc2oc(Nc3ccn(C)n3)nc2c1. The largest absolute Gasteiger partial charge is 0.423 e. The van der Waals surface area contributed by atoms with Crippen molar-refractivity contribution >= 4 is 22.9 Å². The molecule has 0 unspecified atom stereocenters. The van der Waals surface area contributed by atoms with Gasteiger partial charge in [0.2, 0.25) is 0 Å². The third-order valence-electron chi connectivity index (χ3n) is 2.49. The molecule has 1 aromatic carbocycles. The van der Waals surface area contributed by atoms with Crippen molar-refractivity contribution in [3.63, 3.8) is 0 Å². The Bertz CT molecular complexity index is 668. The van der Waals surface area contributed by atoms with E-state index in [0.29, 0.717) is 6.01 Å². The van der Waals surface area contributed by atoms with Crippen LogP contribution in [0.5, 0.6) is 0 Å². The summed E-state index contributed by atoms with van der Waals surface area (Å²) < 4.78 is 7.28. The average Bonchev–Trinajstić information content (AvgIpc) is 2.84. The summed E-state index contributed by atoms with van der Waals surface area (Å²) in [6.07, 6.45) is 1.86. The predicted molar refractivity (Wildman–Crippen MR) is 65.2 cm³/mol. The number of benzene rings is 1. The van der Waals surface area contributed by atoms with Gasteiger partial charge in [-0.25, -0.2) is 0 Å². The first-order valence-corrected chi connectivity index (χ1v) is 5.34. The van der Waals surface area contributed by atoms with E-state index in [4.69, 9.17) is 4.42 Å². The number of hydrogen-bond acceptors (Lipinski definition) is 4. The Kier molecular flexibility index (Phi) is 2.11. The molecule has 0 fully saturated rings. The highest BCUT2D eigenvalue weighted by atomic mass is 16.4. The number of aromatic nitrogens is 3. The molecule has 3 aromatic rings. The molecule has 0 atom stereocenters. The molecule has 0 aliphatic rings. The minimum atomic E-state index is 0.462. The Morgan fingerprint density at radius 2 is 2.18 bits per heavy atom. The maximum Gasteiger partial charge on any atom is 0.301 e. The van der Waals surface area contributed by atoms with Crippen LogP contribution >= 0.6 is 0 Å². The summed E-state index contributed by atoms with van der Waals surface area (Å²) in [6.45, 7) is 2.03. The Morgan fingerprint density at radius 1 is 1.29 bits per heavy atom. The van der Waals surface area contributed by atoms with E-state index in [1.54, 1.807) is 4.68 Å². The minimum Gasteiger partial charge on any atom is -0.423 e. The third kappa shape index (κ3) is 1.87. The van der Waals surface area contributed by atoms with Crippen LogP contribution in [0.15, 0.2) is 34.9 Å². The van der Waals surface area contributed by atoms with Crippen LogP contribution in [0.25, 0.3) is 11.1 Å². The summed E-state index contributed by atoms with van der Waals surface area (Å²) in [4.78, 5) is 4.35. The molecule has 2 aromatic heterocycles. The van der Waals surface area contributed by atoms with Crippen molar-refractivity contribution in [1.29, 1.82) is 0 Å². The number of anilines is 2. The van der Waals surface area contributed by atoms with Crippen molar-refractivity contribution in [3.05, 3.63) is 36.0 Å². The van der Waals surface area contributed by atoms with Crippen molar-refractivity contribution < 1.29 is 4.42 Å². The first kappa shape index (κ1) is 9.89. The molecule has 5 nitrogen and oxygen atoms in total. The van der Waals surface area contributed by atoms with Gasteiger partial charge in [-0.05, 0) is 24.6 Å². The van der Waals surface area contributed by atoms with Crippen LogP contribution < -0.4 is 5.32 Å². The van der Waals surface area contributed by atoms with Gasteiger partial charge < -0.3 is 4.42 Å². The average molecular weight is 228 g/mol. The Hall–Kier alpha value is -2.30. The van der Waals surface area contributed by atoms with Crippen molar-refractivity contribution in [3.8, 4) is 0 Å². The Labute approximate surface area is 98.1 Å². The molecule has 3 rings (SSSR count). The van der Waals surface area contributed by atoms with Crippen LogP contribution in [-0.2, 0) is 7.05 Å². The van der Waals surface area contributed by atoms with E-state index in [9.17, 15) is 0 Å². The lowest BCUT2D eigenvalue weighted by atomic mass is 10.2. The van der Waals surface area contributed by atoms with Crippen LogP contribution in [0.4, 0.5) is 11.8 Å². The highest BCUT2D eigenvalue weighted by Gasteiger charge is 2.06. The van der Waals surface area contributed by atoms with E-state index in [-0.39, 0.29) is 0 Å². The standard InChI is InChI=1S/C12H12N4O/c1-8-3-4-10-9(7-8)13-12(17-10)14-11-5-6-16(2)15-11/h3-7H,1-2H3,(H,13,14,15). The van der Waals surface area contributed by atoms with Gasteiger partial charge in [0.25, 0.3) is 0 Å². The summed E-state index contributed by atoms with van der Waals surface area (Å²) in [7, 11) is 1.86. The molecule has 1 N–H and O–H groups in total. The number of nitrogens with zero attached hydrogens (tertiary/aromatic N) is 3. The molecule has 0 aliphatic heterocycles. The van der Waals surface area contributed by atoms with Gasteiger partial charge >= 0.3 is 6.01 Å².